The molecule has 0 aliphatic heterocycles. The molecule has 27 heavy (non-hydrogen) atoms. The van der Waals surface area contributed by atoms with Crippen molar-refractivity contribution in [2.24, 2.45) is 0 Å². The molecular weight excluding hydrogens is 340 g/mol. The van der Waals surface area contributed by atoms with E-state index in [2.05, 4.69) is 0 Å². The molecule has 3 aromatic carbocycles. The molecule has 1 atom stereocenters. The number of hydrogen-bond acceptors (Lipinski definition) is 2. The summed E-state index contributed by atoms with van der Waals surface area (Å²) in [6.07, 6.45) is 0. The topological polar surface area (TPSA) is 74.6 Å². The Morgan fingerprint density at radius 3 is 1.41 bits per heavy atom. The van der Waals surface area contributed by atoms with Gasteiger partial charge in [0.1, 0.15) is 5.92 Å². The first kappa shape index (κ1) is 18.1. The van der Waals surface area contributed by atoms with Crippen LogP contribution >= 0.6 is 0 Å². The quantitative estimate of drug-likeness (QED) is 0.639. The van der Waals surface area contributed by atoms with Gasteiger partial charge in [-0.15, -0.1) is 0 Å². The molecule has 4 heteroatoms. The smallest absolute Gasteiger partial charge is 0.333 e. The van der Waals surface area contributed by atoms with Crippen molar-refractivity contribution in [2.45, 2.75) is 5.92 Å². The van der Waals surface area contributed by atoms with Gasteiger partial charge in [0.2, 0.25) is 0 Å². The second-order valence-electron chi connectivity index (χ2n) is 6.01. The van der Waals surface area contributed by atoms with E-state index in [0.717, 1.165) is 0 Å². The van der Waals surface area contributed by atoms with Crippen LogP contribution in [0.5, 0.6) is 0 Å². The third kappa shape index (κ3) is 3.96. The van der Waals surface area contributed by atoms with Crippen molar-refractivity contribution in [3.63, 3.8) is 0 Å². The highest BCUT2D eigenvalue weighted by Crippen LogP contribution is 2.35. The molecule has 134 valence electrons. The molecule has 0 aliphatic carbocycles. The zero-order valence-electron chi connectivity index (χ0n) is 14.4. The van der Waals surface area contributed by atoms with Crippen LogP contribution in [0, 0.1) is 0 Å². The fourth-order valence-corrected chi connectivity index (χ4v) is 3.14. The van der Waals surface area contributed by atoms with E-state index in [1.807, 2.05) is 12.1 Å². The Bertz CT molecular complexity index is 920. The van der Waals surface area contributed by atoms with Gasteiger partial charge in [-0.2, -0.15) is 0 Å². The van der Waals surface area contributed by atoms with E-state index in [1.54, 1.807) is 78.9 Å². The van der Waals surface area contributed by atoms with Gasteiger partial charge in [0.15, 0.2) is 0 Å². The molecule has 0 amide bonds. The summed E-state index contributed by atoms with van der Waals surface area (Å²) < 4.78 is 0. The molecule has 0 radical (unpaired) electrons. The van der Waals surface area contributed by atoms with Gasteiger partial charge in [0.05, 0.1) is 5.57 Å². The standard InChI is InChI=1S/C23H18O4/c24-22(25)20(18-14-8-3-9-15-18)21(23(26)27)19(16-10-4-1-5-11-16)17-12-6-2-7-13-17/h1-15,20H,(H,24,25)(H,26,27). The Balaban J connectivity index is 2.36. The maximum atomic E-state index is 12.3. The van der Waals surface area contributed by atoms with Gasteiger partial charge in [-0.25, -0.2) is 4.79 Å². The van der Waals surface area contributed by atoms with Crippen molar-refractivity contribution in [1.82, 2.24) is 0 Å². The van der Waals surface area contributed by atoms with Gasteiger partial charge < -0.3 is 10.2 Å². The predicted molar refractivity (Wildman–Crippen MR) is 103 cm³/mol. The molecule has 2 N–H and O–H groups in total. The largest absolute Gasteiger partial charge is 0.481 e. The van der Waals surface area contributed by atoms with E-state index >= 15 is 0 Å². The molecule has 0 fully saturated rings. The van der Waals surface area contributed by atoms with E-state index < -0.39 is 17.9 Å². The number of benzene rings is 3. The van der Waals surface area contributed by atoms with E-state index in [1.165, 1.54) is 0 Å². The Morgan fingerprint density at radius 1 is 0.630 bits per heavy atom. The van der Waals surface area contributed by atoms with E-state index in [9.17, 15) is 19.8 Å². The number of carbonyl (C=O) groups is 2. The van der Waals surface area contributed by atoms with Gasteiger partial charge in [-0.1, -0.05) is 91.0 Å². The van der Waals surface area contributed by atoms with E-state index in [4.69, 9.17) is 0 Å². The summed E-state index contributed by atoms with van der Waals surface area (Å²) in [6.45, 7) is 0. The predicted octanol–water partition coefficient (Wildman–Crippen LogP) is 4.44. The number of carboxylic acids is 2. The Kier molecular flexibility index (Phi) is 5.47. The minimum Gasteiger partial charge on any atom is -0.481 e. The second-order valence-corrected chi connectivity index (χ2v) is 6.01. The summed E-state index contributed by atoms with van der Waals surface area (Å²) in [5.41, 5.74) is 1.98. The number of aliphatic carboxylic acids is 2. The molecule has 0 aliphatic rings. The zero-order chi connectivity index (χ0) is 19.2. The third-order valence-corrected chi connectivity index (χ3v) is 4.29. The summed E-state index contributed by atoms with van der Waals surface area (Å²) in [5, 5.41) is 19.9. The summed E-state index contributed by atoms with van der Waals surface area (Å²) in [7, 11) is 0. The number of carboxylic acid groups (broad SMARTS) is 2. The van der Waals surface area contributed by atoms with Gasteiger partial charge >= 0.3 is 11.9 Å². The fraction of sp³-hybridized carbons (Fsp3) is 0.0435. The molecule has 1 unspecified atom stereocenters. The monoisotopic (exact) mass is 358 g/mol. The zero-order valence-corrected chi connectivity index (χ0v) is 14.4. The van der Waals surface area contributed by atoms with Crippen molar-refractivity contribution in [1.29, 1.82) is 0 Å². The van der Waals surface area contributed by atoms with Crippen LogP contribution in [0.15, 0.2) is 96.6 Å². The molecule has 3 aromatic rings. The normalized spacial score (nSPS) is 11.4. The van der Waals surface area contributed by atoms with Gasteiger partial charge in [-0.3, -0.25) is 4.79 Å². The molecule has 0 spiro atoms. The van der Waals surface area contributed by atoms with Crippen LogP contribution in [-0.4, -0.2) is 22.2 Å². The first-order chi connectivity index (χ1) is 13.1. The number of rotatable bonds is 6. The molecule has 4 nitrogen and oxygen atoms in total. The highest BCUT2D eigenvalue weighted by atomic mass is 16.4. The molecule has 0 heterocycles. The lowest BCUT2D eigenvalue weighted by Crippen LogP contribution is -2.21. The van der Waals surface area contributed by atoms with E-state index in [0.29, 0.717) is 22.3 Å². The van der Waals surface area contributed by atoms with Crippen LogP contribution in [0.3, 0.4) is 0 Å². The first-order valence-corrected chi connectivity index (χ1v) is 8.45. The van der Waals surface area contributed by atoms with Gasteiger partial charge in [0, 0.05) is 5.57 Å². The Hall–Kier alpha value is -3.66. The highest BCUT2D eigenvalue weighted by molar-refractivity contribution is 6.07. The third-order valence-electron chi connectivity index (χ3n) is 4.29. The average molecular weight is 358 g/mol. The summed E-state index contributed by atoms with van der Waals surface area (Å²) in [6, 6.07) is 26.5. The Morgan fingerprint density at radius 2 is 1.04 bits per heavy atom. The second kappa shape index (κ2) is 8.15. The molecule has 0 saturated heterocycles. The summed E-state index contributed by atoms with van der Waals surface area (Å²) in [4.78, 5) is 24.4. The molecule has 0 bridgehead atoms. The van der Waals surface area contributed by atoms with Crippen LogP contribution in [-0.2, 0) is 9.59 Å². The molecular formula is C23H18O4. The molecule has 3 rings (SSSR count). The van der Waals surface area contributed by atoms with Crippen molar-refractivity contribution in [3.05, 3.63) is 113 Å². The van der Waals surface area contributed by atoms with Crippen molar-refractivity contribution in [2.75, 3.05) is 0 Å². The van der Waals surface area contributed by atoms with Crippen LogP contribution in [0.25, 0.3) is 5.57 Å². The van der Waals surface area contributed by atoms with E-state index in [-0.39, 0.29) is 5.57 Å². The summed E-state index contributed by atoms with van der Waals surface area (Å²) in [5.74, 6) is -3.75. The van der Waals surface area contributed by atoms with Crippen molar-refractivity contribution in [3.8, 4) is 0 Å². The molecule has 0 saturated carbocycles. The Labute approximate surface area is 157 Å². The minimum atomic E-state index is -1.29. The van der Waals surface area contributed by atoms with Crippen molar-refractivity contribution >= 4 is 17.5 Å². The van der Waals surface area contributed by atoms with Crippen molar-refractivity contribution < 1.29 is 19.8 Å². The van der Waals surface area contributed by atoms with Gasteiger partial charge in [-0.05, 0) is 16.7 Å². The lowest BCUT2D eigenvalue weighted by Gasteiger charge is -2.19. The fourth-order valence-electron chi connectivity index (χ4n) is 3.14. The summed E-state index contributed by atoms with van der Waals surface area (Å²) >= 11 is 0. The number of hydrogen-bond donors (Lipinski definition) is 2. The van der Waals surface area contributed by atoms with Gasteiger partial charge in [0.25, 0.3) is 0 Å². The SMILES string of the molecule is O=C(O)C(=C(c1ccccc1)c1ccccc1)C(C(=O)O)c1ccccc1. The van der Waals surface area contributed by atoms with Crippen LogP contribution in [0.2, 0.25) is 0 Å². The van der Waals surface area contributed by atoms with Crippen LogP contribution in [0.4, 0.5) is 0 Å². The first-order valence-electron chi connectivity index (χ1n) is 8.45. The lowest BCUT2D eigenvalue weighted by atomic mass is 9.83. The maximum absolute atomic E-state index is 12.3. The molecule has 0 aromatic heterocycles. The minimum absolute atomic E-state index is 0.161. The highest BCUT2D eigenvalue weighted by Gasteiger charge is 2.32. The van der Waals surface area contributed by atoms with Crippen LogP contribution in [0.1, 0.15) is 22.6 Å². The average Bonchev–Trinajstić information content (AvgIpc) is 2.69. The lowest BCUT2D eigenvalue weighted by molar-refractivity contribution is -0.141. The van der Waals surface area contributed by atoms with Crippen LogP contribution < -0.4 is 0 Å². The maximum Gasteiger partial charge on any atom is 0.333 e.